The first-order valence-corrected chi connectivity index (χ1v) is 5.50. The quantitative estimate of drug-likeness (QED) is 0.804. The first kappa shape index (κ1) is 9.78. The van der Waals surface area contributed by atoms with E-state index in [0.29, 0.717) is 48.1 Å². The smallest absolute Gasteiger partial charge is 0.252 e. The monoisotopic (exact) mass is 239 g/mol. The van der Waals surface area contributed by atoms with Gasteiger partial charge in [-0.1, -0.05) is 11.6 Å². The van der Waals surface area contributed by atoms with Gasteiger partial charge in [-0.25, -0.2) is 0 Å². The third-order valence-electron chi connectivity index (χ3n) is 2.98. The summed E-state index contributed by atoms with van der Waals surface area (Å²) in [5.41, 5.74) is 7.47. The second-order valence-corrected chi connectivity index (χ2v) is 4.24. The van der Waals surface area contributed by atoms with Gasteiger partial charge in [0.05, 0.1) is 23.8 Å². The number of hydrogen-bond donors (Lipinski definition) is 1. The van der Waals surface area contributed by atoms with Crippen LogP contribution in [0.2, 0.25) is 5.02 Å². The zero-order valence-electron chi connectivity index (χ0n) is 8.51. The molecule has 0 atom stereocenters. The van der Waals surface area contributed by atoms with Gasteiger partial charge in [-0.15, -0.1) is 0 Å². The molecule has 0 spiro atoms. The number of fused-ring (bicyclic) bond motifs is 2. The van der Waals surface area contributed by atoms with Crippen LogP contribution in [0.1, 0.15) is 21.5 Å². The molecule has 84 valence electrons. The lowest BCUT2D eigenvalue weighted by Crippen LogP contribution is -2.15. The minimum atomic E-state index is -0.475. The van der Waals surface area contributed by atoms with E-state index in [1.807, 2.05) is 0 Å². The Balaban J connectivity index is 2.36. The van der Waals surface area contributed by atoms with Gasteiger partial charge in [0, 0.05) is 24.0 Å². The molecule has 1 amide bonds. The molecule has 0 saturated heterocycles. The molecule has 2 N–H and O–H groups in total. The van der Waals surface area contributed by atoms with Crippen LogP contribution in [0.4, 0.5) is 0 Å². The van der Waals surface area contributed by atoms with E-state index >= 15 is 0 Å². The first-order chi connectivity index (χ1) is 7.70. The zero-order valence-corrected chi connectivity index (χ0v) is 9.26. The number of benzene rings is 1. The van der Waals surface area contributed by atoms with Crippen molar-refractivity contribution >= 4 is 17.5 Å². The van der Waals surface area contributed by atoms with E-state index in [1.54, 1.807) is 0 Å². The van der Waals surface area contributed by atoms with E-state index in [4.69, 9.17) is 26.8 Å². The van der Waals surface area contributed by atoms with Crippen molar-refractivity contribution in [3.05, 3.63) is 21.7 Å². The maximum absolute atomic E-state index is 11.5. The molecular formula is C11H10ClNO3. The summed E-state index contributed by atoms with van der Waals surface area (Å²) in [4.78, 5) is 11.5. The van der Waals surface area contributed by atoms with Crippen molar-refractivity contribution in [2.75, 3.05) is 13.2 Å². The van der Waals surface area contributed by atoms with Gasteiger partial charge >= 0.3 is 0 Å². The van der Waals surface area contributed by atoms with Crippen LogP contribution in [0.3, 0.4) is 0 Å². The van der Waals surface area contributed by atoms with Crippen LogP contribution in [0.25, 0.3) is 0 Å². The number of carbonyl (C=O) groups excluding carboxylic acids is 1. The standard InChI is InChI=1S/C11H10ClNO3/c12-8-6-2-4-15-9(6)7(11(13)14)5-1-3-16-10(5)8/h1-4H2,(H2,13,14). The Labute approximate surface area is 97.3 Å². The van der Waals surface area contributed by atoms with Crippen LogP contribution >= 0.6 is 11.6 Å². The average molecular weight is 240 g/mol. The number of ether oxygens (including phenoxy) is 2. The van der Waals surface area contributed by atoms with E-state index in [1.165, 1.54) is 0 Å². The fourth-order valence-corrected chi connectivity index (χ4v) is 2.66. The number of rotatable bonds is 1. The molecule has 5 heteroatoms. The summed E-state index contributed by atoms with van der Waals surface area (Å²) >= 11 is 6.22. The van der Waals surface area contributed by atoms with Crippen LogP contribution in [0.5, 0.6) is 11.5 Å². The minimum Gasteiger partial charge on any atom is -0.492 e. The summed E-state index contributed by atoms with van der Waals surface area (Å²) < 4.78 is 10.9. The molecule has 16 heavy (non-hydrogen) atoms. The Morgan fingerprint density at radius 3 is 2.44 bits per heavy atom. The van der Waals surface area contributed by atoms with Gasteiger partial charge in [-0.05, 0) is 0 Å². The molecule has 0 aromatic heterocycles. The molecule has 2 aliphatic heterocycles. The van der Waals surface area contributed by atoms with E-state index in [9.17, 15) is 4.79 Å². The summed E-state index contributed by atoms with van der Waals surface area (Å²) in [6, 6.07) is 0. The van der Waals surface area contributed by atoms with E-state index in [-0.39, 0.29) is 0 Å². The van der Waals surface area contributed by atoms with Crippen LogP contribution in [0, 0.1) is 0 Å². The van der Waals surface area contributed by atoms with Crippen LogP contribution in [-0.2, 0) is 12.8 Å². The fraction of sp³-hybridized carbons (Fsp3) is 0.364. The molecule has 0 aliphatic carbocycles. The highest BCUT2D eigenvalue weighted by atomic mass is 35.5. The number of nitrogens with two attached hydrogens (primary N) is 1. The van der Waals surface area contributed by atoms with Gasteiger partial charge in [0.15, 0.2) is 0 Å². The van der Waals surface area contributed by atoms with Crippen molar-refractivity contribution in [3.8, 4) is 11.5 Å². The average Bonchev–Trinajstić information content (AvgIpc) is 2.84. The van der Waals surface area contributed by atoms with Crippen molar-refractivity contribution < 1.29 is 14.3 Å². The SMILES string of the molecule is NC(=O)c1c2c(c(Cl)c3c1OCC3)OCC2. The number of primary amides is 1. The van der Waals surface area contributed by atoms with Crippen molar-refractivity contribution in [1.82, 2.24) is 0 Å². The molecule has 0 bridgehead atoms. The fourth-order valence-electron chi connectivity index (χ4n) is 2.31. The highest BCUT2D eigenvalue weighted by molar-refractivity contribution is 6.33. The number of carbonyl (C=O) groups is 1. The number of halogens is 1. The topological polar surface area (TPSA) is 61.6 Å². The second kappa shape index (κ2) is 3.28. The Morgan fingerprint density at radius 2 is 1.75 bits per heavy atom. The second-order valence-electron chi connectivity index (χ2n) is 3.87. The zero-order chi connectivity index (χ0) is 11.3. The highest BCUT2D eigenvalue weighted by Gasteiger charge is 2.32. The maximum atomic E-state index is 11.5. The van der Waals surface area contributed by atoms with Crippen molar-refractivity contribution in [1.29, 1.82) is 0 Å². The van der Waals surface area contributed by atoms with Crippen LogP contribution < -0.4 is 15.2 Å². The molecule has 1 aromatic carbocycles. The highest BCUT2D eigenvalue weighted by Crippen LogP contribution is 2.46. The molecular weight excluding hydrogens is 230 g/mol. The molecule has 3 rings (SSSR count). The molecule has 2 heterocycles. The lowest BCUT2D eigenvalue weighted by Gasteiger charge is -2.11. The molecule has 0 radical (unpaired) electrons. The number of hydrogen-bond acceptors (Lipinski definition) is 3. The molecule has 0 fully saturated rings. The third-order valence-corrected chi connectivity index (χ3v) is 3.38. The van der Waals surface area contributed by atoms with Crippen molar-refractivity contribution in [2.45, 2.75) is 12.8 Å². The predicted octanol–water partition coefficient (Wildman–Crippen LogP) is 1.31. The van der Waals surface area contributed by atoms with E-state index in [2.05, 4.69) is 0 Å². The van der Waals surface area contributed by atoms with Gasteiger partial charge in [0.25, 0.3) is 5.91 Å². The Kier molecular flexibility index (Phi) is 2.01. The normalized spacial score (nSPS) is 16.3. The predicted molar refractivity (Wildman–Crippen MR) is 58.4 cm³/mol. The lowest BCUT2D eigenvalue weighted by molar-refractivity contribution is 0.0996. The van der Waals surface area contributed by atoms with Gasteiger partial charge in [-0.2, -0.15) is 0 Å². The Morgan fingerprint density at radius 1 is 1.12 bits per heavy atom. The van der Waals surface area contributed by atoms with E-state index < -0.39 is 5.91 Å². The molecule has 1 aromatic rings. The van der Waals surface area contributed by atoms with Gasteiger partial charge in [-0.3, -0.25) is 4.79 Å². The summed E-state index contributed by atoms with van der Waals surface area (Å²) in [6.45, 7) is 1.08. The van der Waals surface area contributed by atoms with Crippen LogP contribution in [0.15, 0.2) is 0 Å². The summed E-state index contributed by atoms with van der Waals surface area (Å²) in [7, 11) is 0. The summed E-state index contributed by atoms with van der Waals surface area (Å²) in [5, 5.41) is 0.574. The molecule has 0 saturated carbocycles. The van der Waals surface area contributed by atoms with Crippen molar-refractivity contribution in [3.63, 3.8) is 0 Å². The lowest BCUT2D eigenvalue weighted by atomic mass is 9.99. The Bertz CT molecular complexity index is 463. The van der Waals surface area contributed by atoms with E-state index in [0.717, 1.165) is 11.1 Å². The maximum Gasteiger partial charge on any atom is 0.252 e. The third kappa shape index (κ3) is 1.13. The van der Waals surface area contributed by atoms with Gasteiger partial charge in [0.1, 0.15) is 11.5 Å². The minimum absolute atomic E-state index is 0.449. The molecule has 2 aliphatic rings. The number of amides is 1. The first-order valence-electron chi connectivity index (χ1n) is 5.12. The van der Waals surface area contributed by atoms with Gasteiger partial charge < -0.3 is 15.2 Å². The Hall–Kier alpha value is -1.42. The molecule has 0 unspecified atom stereocenters. The summed E-state index contributed by atoms with van der Waals surface area (Å²) in [5.74, 6) is 0.693. The van der Waals surface area contributed by atoms with Crippen LogP contribution in [-0.4, -0.2) is 19.1 Å². The molecule has 4 nitrogen and oxygen atoms in total. The van der Waals surface area contributed by atoms with Gasteiger partial charge in [0.2, 0.25) is 0 Å². The largest absolute Gasteiger partial charge is 0.492 e. The van der Waals surface area contributed by atoms with Crippen molar-refractivity contribution in [2.24, 2.45) is 5.73 Å². The summed E-state index contributed by atoms with van der Waals surface area (Å²) in [6.07, 6.45) is 1.36.